The van der Waals surface area contributed by atoms with Crippen molar-refractivity contribution < 1.29 is 14.3 Å². The van der Waals surface area contributed by atoms with Crippen molar-refractivity contribution in [1.82, 2.24) is 4.98 Å². The minimum Gasteiger partial charge on any atom is -0.481 e. The summed E-state index contributed by atoms with van der Waals surface area (Å²) in [4.78, 5) is 15.0. The maximum atomic E-state index is 10.7. The van der Waals surface area contributed by atoms with Crippen LogP contribution in [-0.2, 0) is 11.2 Å². The van der Waals surface area contributed by atoms with Crippen LogP contribution in [0.5, 0.6) is 0 Å². The molecule has 0 aliphatic rings. The highest BCUT2D eigenvalue weighted by atomic mass is 79.9. The van der Waals surface area contributed by atoms with Gasteiger partial charge in [-0.2, -0.15) is 0 Å². The summed E-state index contributed by atoms with van der Waals surface area (Å²) < 4.78 is 6.52. The minimum absolute atomic E-state index is 0.118. The Bertz CT molecular complexity index is 795. The highest BCUT2D eigenvalue weighted by Crippen LogP contribution is 2.32. The van der Waals surface area contributed by atoms with E-state index in [1.807, 2.05) is 24.3 Å². The van der Waals surface area contributed by atoms with E-state index in [1.165, 1.54) is 0 Å². The molecule has 0 amide bonds. The van der Waals surface area contributed by atoms with Crippen LogP contribution in [-0.4, -0.2) is 16.1 Å². The summed E-state index contributed by atoms with van der Waals surface area (Å²) in [5.74, 6) is 0.174. The van der Waals surface area contributed by atoms with Crippen molar-refractivity contribution in [2.45, 2.75) is 6.42 Å². The molecule has 4 nitrogen and oxygen atoms in total. The van der Waals surface area contributed by atoms with E-state index in [2.05, 4.69) is 20.9 Å². The molecule has 2 aromatic heterocycles. The second-order valence-electron chi connectivity index (χ2n) is 4.33. The van der Waals surface area contributed by atoms with Crippen LogP contribution >= 0.6 is 15.9 Å². The molecule has 1 aromatic carbocycles. The van der Waals surface area contributed by atoms with Crippen LogP contribution in [0.3, 0.4) is 0 Å². The van der Waals surface area contributed by atoms with E-state index < -0.39 is 5.97 Å². The molecule has 20 heavy (non-hydrogen) atoms. The standard InChI is InChI=1S/C15H10BrNO3/c16-12-5-4-10(11-2-1-7-17-15(11)12)13-6-3-9(20-13)8-14(18)19/h1-7H,8H2,(H,18,19). The highest BCUT2D eigenvalue weighted by Gasteiger charge is 2.12. The molecule has 0 saturated carbocycles. The lowest BCUT2D eigenvalue weighted by Gasteiger charge is -2.05. The van der Waals surface area contributed by atoms with E-state index in [-0.39, 0.29) is 6.42 Å². The highest BCUT2D eigenvalue weighted by molar-refractivity contribution is 9.10. The molecule has 0 saturated heterocycles. The summed E-state index contributed by atoms with van der Waals surface area (Å²) in [5.41, 5.74) is 1.74. The van der Waals surface area contributed by atoms with E-state index in [9.17, 15) is 4.79 Å². The number of aromatic nitrogens is 1. The topological polar surface area (TPSA) is 63.3 Å². The first kappa shape index (κ1) is 12.9. The van der Waals surface area contributed by atoms with Gasteiger partial charge >= 0.3 is 5.97 Å². The zero-order chi connectivity index (χ0) is 14.1. The van der Waals surface area contributed by atoms with Gasteiger partial charge in [-0.15, -0.1) is 0 Å². The SMILES string of the molecule is O=C(O)Cc1ccc(-c2ccc(Br)c3ncccc23)o1. The first-order valence-electron chi connectivity index (χ1n) is 5.99. The number of carbonyl (C=O) groups is 1. The number of carboxylic acids is 1. The largest absolute Gasteiger partial charge is 0.481 e. The zero-order valence-electron chi connectivity index (χ0n) is 10.3. The van der Waals surface area contributed by atoms with Gasteiger partial charge in [0.25, 0.3) is 0 Å². The fourth-order valence-corrected chi connectivity index (χ4v) is 2.57. The van der Waals surface area contributed by atoms with Gasteiger partial charge < -0.3 is 9.52 Å². The normalized spacial score (nSPS) is 10.8. The molecule has 100 valence electrons. The van der Waals surface area contributed by atoms with Gasteiger partial charge in [0.2, 0.25) is 0 Å². The summed E-state index contributed by atoms with van der Waals surface area (Å²) in [7, 11) is 0. The maximum absolute atomic E-state index is 10.7. The van der Waals surface area contributed by atoms with E-state index in [0.29, 0.717) is 11.5 Å². The number of fused-ring (bicyclic) bond motifs is 1. The molecule has 3 aromatic rings. The van der Waals surface area contributed by atoms with Gasteiger partial charge in [0, 0.05) is 21.6 Å². The Kier molecular flexibility index (Phi) is 3.28. The molecule has 3 rings (SSSR count). The number of aliphatic carboxylic acids is 1. The Balaban J connectivity index is 2.13. The lowest BCUT2D eigenvalue weighted by Crippen LogP contribution is -1.97. The molecule has 5 heteroatoms. The Morgan fingerprint density at radius 1 is 1.25 bits per heavy atom. The molecule has 0 atom stereocenters. The number of hydrogen-bond donors (Lipinski definition) is 1. The third-order valence-electron chi connectivity index (χ3n) is 2.97. The van der Waals surface area contributed by atoms with Gasteiger partial charge in [0.1, 0.15) is 17.9 Å². The van der Waals surface area contributed by atoms with Gasteiger partial charge in [-0.05, 0) is 46.3 Å². The smallest absolute Gasteiger partial charge is 0.311 e. The number of carboxylic acid groups (broad SMARTS) is 1. The van der Waals surface area contributed by atoms with Crippen LogP contribution in [0.4, 0.5) is 0 Å². The number of pyridine rings is 1. The van der Waals surface area contributed by atoms with Gasteiger partial charge in [0.15, 0.2) is 0 Å². The summed E-state index contributed by atoms with van der Waals surface area (Å²) in [6.07, 6.45) is 1.61. The van der Waals surface area contributed by atoms with Crippen molar-refractivity contribution in [3.8, 4) is 11.3 Å². The average molecular weight is 332 g/mol. The predicted molar refractivity (Wildman–Crippen MR) is 78.5 cm³/mol. The Morgan fingerprint density at radius 2 is 2.10 bits per heavy atom. The van der Waals surface area contributed by atoms with E-state index in [1.54, 1.807) is 18.3 Å². The van der Waals surface area contributed by atoms with Crippen LogP contribution in [0.2, 0.25) is 0 Å². The number of rotatable bonds is 3. The number of furan rings is 1. The van der Waals surface area contributed by atoms with Crippen LogP contribution in [0.15, 0.2) is 51.5 Å². The predicted octanol–water partition coefficient (Wildman–Crippen LogP) is 3.88. The zero-order valence-corrected chi connectivity index (χ0v) is 11.9. The van der Waals surface area contributed by atoms with E-state index >= 15 is 0 Å². The van der Waals surface area contributed by atoms with Crippen molar-refractivity contribution in [3.05, 3.63) is 52.8 Å². The van der Waals surface area contributed by atoms with Gasteiger partial charge in [-0.25, -0.2) is 0 Å². The molecule has 1 N–H and O–H groups in total. The monoisotopic (exact) mass is 331 g/mol. The fraction of sp³-hybridized carbons (Fsp3) is 0.0667. The van der Waals surface area contributed by atoms with Crippen LogP contribution in [0, 0.1) is 0 Å². The summed E-state index contributed by atoms with van der Waals surface area (Å²) in [5, 5.41) is 9.74. The van der Waals surface area contributed by atoms with Crippen LogP contribution in [0.25, 0.3) is 22.2 Å². The molecule has 0 bridgehead atoms. The lowest BCUT2D eigenvalue weighted by atomic mass is 10.1. The van der Waals surface area contributed by atoms with Crippen molar-refractivity contribution in [1.29, 1.82) is 0 Å². The van der Waals surface area contributed by atoms with Crippen LogP contribution in [0.1, 0.15) is 5.76 Å². The number of hydrogen-bond acceptors (Lipinski definition) is 3. The van der Waals surface area contributed by atoms with Crippen molar-refractivity contribution in [2.75, 3.05) is 0 Å². The molecule has 0 aliphatic heterocycles. The van der Waals surface area contributed by atoms with Crippen molar-refractivity contribution in [3.63, 3.8) is 0 Å². The molecule has 2 heterocycles. The molecule has 0 spiro atoms. The fourth-order valence-electron chi connectivity index (χ4n) is 2.12. The Morgan fingerprint density at radius 3 is 2.90 bits per heavy atom. The third kappa shape index (κ3) is 2.32. The van der Waals surface area contributed by atoms with Crippen molar-refractivity contribution >= 4 is 32.8 Å². The lowest BCUT2D eigenvalue weighted by molar-refractivity contribution is -0.136. The average Bonchev–Trinajstić information content (AvgIpc) is 2.87. The Hall–Kier alpha value is -2.14. The second kappa shape index (κ2) is 5.09. The maximum Gasteiger partial charge on any atom is 0.311 e. The summed E-state index contributed by atoms with van der Waals surface area (Å²) >= 11 is 3.47. The summed E-state index contributed by atoms with van der Waals surface area (Å²) in [6.45, 7) is 0. The van der Waals surface area contributed by atoms with Gasteiger partial charge in [-0.1, -0.05) is 6.07 Å². The first-order chi connectivity index (χ1) is 9.65. The molecule has 0 aliphatic carbocycles. The van der Waals surface area contributed by atoms with E-state index in [4.69, 9.17) is 9.52 Å². The van der Waals surface area contributed by atoms with Gasteiger partial charge in [0.05, 0.1) is 5.52 Å². The van der Waals surface area contributed by atoms with Crippen LogP contribution < -0.4 is 0 Å². The number of benzene rings is 1. The molecule has 0 radical (unpaired) electrons. The molecule has 0 unspecified atom stereocenters. The second-order valence-corrected chi connectivity index (χ2v) is 5.19. The van der Waals surface area contributed by atoms with Crippen molar-refractivity contribution in [2.24, 2.45) is 0 Å². The molecule has 0 fully saturated rings. The van der Waals surface area contributed by atoms with Gasteiger partial charge in [-0.3, -0.25) is 9.78 Å². The molecular weight excluding hydrogens is 322 g/mol. The van der Waals surface area contributed by atoms with E-state index in [0.717, 1.165) is 20.9 Å². The minimum atomic E-state index is -0.909. The quantitative estimate of drug-likeness (QED) is 0.790. The Labute approximate surface area is 123 Å². The number of nitrogens with zero attached hydrogens (tertiary/aromatic N) is 1. The number of halogens is 1. The molecular formula is C15H10BrNO3. The third-order valence-corrected chi connectivity index (χ3v) is 3.61. The summed E-state index contributed by atoms with van der Waals surface area (Å²) in [6, 6.07) is 11.1. The first-order valence-corrected chi connectivity index (χ1v) is 6.78.